The van der Waals surface area contributed by atoms with Gasteiger partial charge in [0.05, 0.1) is 0 Å². The molecular formula is C4H12PbSn. The second-order valence-corrected chi connectivity index (χ2v) is 2.79. The molecule has 0 aliphatic rings. The van der Waals surface area contributed by atoms with Crippen LogP contribution in [-0.2, 0) is 0 Å². The fraction of sp³-hybridized carbons (Fsp3) is 1.00. The van der Waals surface area contributed by atoms with Crippen LogP contribution < -0.4 is 0 Å². The zero-order valence-corrected chi connectivity index (χ0v) is 13.2. The van der Waals surface area contributed by atoms with E-state index in [0.717, 1.165) is 0 Å². The van der Waals surface area contributed by atoms with Gasteiger partial charge in [0, 0.05) is 0 Å². The molecule has 0 bridgehead atoms. The van der Waals surface area contributed by atoms with Crippen LogP contribution in [0.2, 0.25) is 4.44 Å². The van der Waals surface area contributed by atoms with Gasteiger partial charge in [0.15, 0.2) is 0 Å². The maximum atomic E-state index is 2.23. The summed E-state index contributed by atoms with van der Waals surface area (Å²) >= 11 is 1.45. The Morgan fingerprint density at radius 3 is 2.00 bits per heavy atom. The molecular weight excluding hydrogens is 374 g/mol. The first-order chi connectivity index (χ1) is 2.41. The van der Waals surface area contributed by atoms with Gasteiger partial charge >= 0.3 is 74.0 Å². The SMILES string of the molecule is CCC[CH2][SnH].[PbH2]. The van der Waals surface area contributed by atoms with Crippen LogP contribution in [0.3, 0.4) is 0 Å². The summed E-state index contributed by atoms with van der Waals surface area (Å²) in [5.74, 6) is 0. The maximum absolute atomic E-state index is 2.23. The van der Waals surface area contributed by atoms with Crippen molar-refractivity contribution < 1.29 is 0 Å². The van der Waals surface area contributed by atoms with Crippen LogP contribution in [0.4, 0.5) is 0 Å². The molecule has 0 aromatic carbocycles. The number of rotatable bonds is 2. The van der Waals surface area contributed by atoms with E-state index < -0.39 is 0 Å². The molecule has 0 amide bonds. The van der Waals surface area contributed by atoms with E-state index >= 15 is 0 Å². The molecule has 0 unspecified atom stereocenters. The monoisotopic (exact) mass is 388 g/mol. The first-order valence-electron chi connectivity index (χ1n) is 2.12. The third-order valence-corrected chi connectivity index (χ3v) is 1.72. The third-order valence-electron chi connectivity index (χ3n) is 0.558. The fourth-order valence-corrected chi connectivity index (χ4v) is 1.37. The number of hydrogen-bond donors (Lipinski definition) is 0. The molecule has 0 aromatic heterocycles. The van der Waals surface area contributed by atoms with Gasteiger partial charge in [0.25, 0.3) is 0 Å². The van der Waals surface area contributed by atoms with E-state index in [-0.39, 0.29) is 27.3 Å². The Morgan fingerprint density at radius 2 is 2.00 bits per heavy atom. The summed E-state index contributed by atoms with van der Waals surface area (Å²) in [7, 11) is 0. The number of unbranched alkanes of at least 4 members (excludes halogenated alkanes) is 1. The second-order valence-electron chi connectivity index (χ2n) is 1.14. The number of hydrogen-bond acceptors (Lipinski definition) is 0. The normalized spacial score (nSPS) is 7.00. The van der Waals surface area contributed by atoms with Crippen LogP contribution in [0.1, 0.15) is 19.8 Å². The van der Waals surface area contributed by atoms with Crippen LogP contribution >= 0.6 is 0 Å². The van der Waals surface area contributed by atoms with Gasteiger partial charge < -0.3 is 0 Å². The average Bonchev–Trinajstić information content (AvgIpc) is 1.41. The molecule has 0 aliphatic carbocycles. The summed E-state index contributed by atoms with van der Waals surface area (Å²) in [4.78, 5) is 0. The first-order valence-corrected chi connectivity index (χ1v) is 4.45. The second kappa shape index (κ2) is 9.87. The molecule has 6 heavy (non-hydrogen) atoms. The Kier molecular flexibility index (Phi) is 17.5. The molecule has 0 fully saturated rings. The van der Waals surface area contributed by atoms with E-state index in [1.165, 1.54) is 39.8 Å². The molecule has 0 spiro atoms. The van der Waals surface area contributed by atoms with E-state index in [2.05, 4.69) is 6.92 Å². The van der Waals surface area contributed by atoms with Gasteiger partial charge in [-0.15, -0.1) is 0 Å². The summed E-state index contributed by atoms with van der Waals surface area (Å²) < 4.78 is 1.47. The van der Waals surface area contributed by atoms with Crippen LogP contribution in [0, 0.1) is 0 Å². The molecule has 0 aromatic rings. The zero-order valence-electron chi connectivity index (χ0n) is 4.41. The van der Waals surface area contributed by atoms with Gasteiger partial charge in [-0.05, 0) is 0 Å². The van der Waals surface area contributed by atoms with Gasteiger partial charge in [-0.2, -0.15) is 0 Å². The molecule has 0 saturated carbocycles. The molecule has 0 N–H and O–H groups in total. The van der Waals surface area contributed by atoms with Crippen molar-refractivity contribution in [3.63, 3.8) is 0 Å². The Balaban J connectivity index is 0. The summed E-state index contributed by atoms with van der Waals surface area (Å²) in [5.41, 5.74) is 0. The van der Waals surface area contributed by atoms with Crippen LogP contribution in [-0.4, -0.2) is 49.8 Å². The quantitative estimate of drug-likeness (QED) is 0.595. The Bertz CT molecular complexity index is 15.0. The van der Waals surface area contributed by atoms with E-state index in [9.17, 15) is 0 Å². The topological polar surface area (TPSA) is 0 Å². The third kappa shape index (κ3) is 9.21. The van der Waals surface area contributed by atoms with Gasteiger partial charge in [-0.1, -0.05) is 0 Å². The molecule has 0 rings (SSSR count). The van der Waals surface area contributed by atoms with E-state index in [1.54, 1.807) is 0 Å². The molecule has 0 aliphatic heterocycles. The molecule has 36 valence electrons. The molecule has 4 radical (unpaired) electrons. The molecule has 0 saturated heterocycles. The summed E-state index contributed by atoms with van der Waals surface area (Å²) in [5, 5.41) is 0. The predicted molar refractivity (Wildman–Crippen MR) is 35.4 cm³/mol. The Labute approximate surface area is 73.3 Å². The Hall–Kier alpha value is 1.72. The first kappa shape index (κ1) is 10.7. The van der Waals surface area contributed by atoms with Crippen molar-refractivity contribution in [2.75, 3.05) is 0 Å². The van der Waals surface area contributed by atoms with Crippen molar-refractivity contribution in [1.29, 1.82) is 0 Å². The van der Waals surface area contributed by atoms with Gasteiger partial charge in [0.2, 0.25) is 0 Å². The fourth-order valence-electron chi connectivity index (χ4n) is 0.204. The minimum absolute atomic E-state index is 0. The van der Waals surface area contributed by atoms with Crippen molar-refractivity contribution in [3.05, 3.63) is 0 Å². The van der Waals surface area contributed by atoms with Gasteiger partial charge in [-0.25, -0.2) is 0 Å². The van der Waals surface area contributed by atoms with E-state index in [4.69, 9.17) is 0 Å². The van der Waals surface area contributed by atoms with Crippen LogP contribution in [0.15, 0.2) is 0 Å². The van der Waals surface area contributed by atoms with Crippen LogP contribution in [0.25, 0.3) is 0 Å². The Morgan fingerprint density at radius 1 is 1.50 bits per heavy atom. The zero-order chi connectivity index (χ0) is 4.12. The van der Waals surface area contributed by atoms with Crippen LogP contribution in [0.5, 0.6) is 0 Å². The van der Waals surface area contributed by atoms with Crippen molar-refractivity contribution in [2.24, 2.45) is 0 Å². The predicted octanol–water partition coefficient (Wildman–Crippen LogP) is 0.189. The van der Waals surface area contributed by atoms with Gasteiger partial charge in [0.1, 0.15) is 0 Å². The summed E-state index contributed by atoms with van der Waals surface area (Å²) in [6.45, 7) is 2.23. The van der Waals surface area contributed by atoms with Crippen molar-refractivity contribution >= 4 is 49.8 Å². The average molecular weight is 386 g/mol. The molecule has 0 atom stereocenters. The standard InChI is InChI=1S/C4H9.Pb.Sn.3H/c1-3-4-2;;;;;/h1,3-4H2,2H3;;;;;. The van der Waals surface area contributed by atoms with E-state index in [0.29, 0.717) is 0 Å². The van der Waals surface area contributed by atoms with E-state index in [1.807, 2.05) is 0 Å². The summed E-state index contributed by atoms with van der Waals surface area (Å²) in [6, 6.07) is 0. The van der Waals surface area contributed by atoms with Crippen molar-refractivity contribution in [3.8, 4) is 0 Å². The van der Waals surface area contributed by atoms with Gasteiger partial charge in [-0.3, -0.25) is 0 Å². The molecule has 0 nitrogen and oxygen atoms in total. The molecule has 0 heterocycles. The molecule has 2 heteroatoms. The minimum atomic E-state index is 0. The summed E-state index contributed by atoms with van der Waals surface area (Å²) in [6.07, 6.45) is 2.82. The van der Waals surface area contributed by atoms with Crippen molar-refractivity contribution in [2.45, 2.75) is 24.2 Å². The van der Waals surface area contributed by atoms with Crippen molar-refractivity contribution in [1.82, 2.24) is 0 Å².